The van der Waals surface area contributed by atoms with Crippen LogP contribution in [0, 0.1) is 0 Å². The van der Waals surface area contributed by atoms with Crippen LogP contribution in [0.4, 0.5) is 0 Å². The first-order valence-electron chi connectivity index (χ1n) is 15.2. The Morgan fingerprint density at radius 3 is 2.52 bits per heavy atom. The molecule has 3 aromatic rings. The van der Waals surface area contributed by atoms with Crippen molar-refractivity contribution in [3.63, 3.8) is 0 Å². The van der Waals surface area contributed by atoms with Crippen LogP contribution in [0.5, 0.6) is 17.2 Å². The minimum Gasteiger partial charge on any atom is -0.507 e. The third-order valence-corrected chi connectivity index (χ3v) is 8.29. The second-order valence-corrected chi connectivity index (χ2v) is 11.3. The summed E-state index contributed by atoms with van der Waals surface area (Å²) in [6.07, 6.45) is 0.739. The number of fused-ring (bicyclic) bond motifs is 1. The number of likely N-dealkylation sites (tertiary alicyclic amines) is 1. The molecular weight excluding hydrogens is 560 g/mol. The number of ketones is 1. The topological polar surface area (TPSA) is 97.8 Å². The average molecular weight is 599 g/mol. The van der Waals surface area contributed by atoms with E-state index in [4.69, 9.17) is 18.9 Å². The molecule has 2 fully saturated rings. The van der Waals surface area contributed by atoms with Crippen molar-refractivity contribution >= 4 is 17.4 Å². The lowest BCUT2D eigenvalue weighted by Gasteiger charge is -2.31. The number of hydrogen-bond acceptors (Lipinski definition) is 8. The zero-order valence-corrected chi connectivity index (χ0v) is 25.2. The van der Waals surface area contributed by atoms with Gasteiger partial charge >= 0.3 is 0 Å². The lowest BCUT2D eigenvalue weighted by atomic mass is 9.94. The number of benzene rings is 3. The Balaban J connectivity index is 1.37. The number of carbonyl (C=O) groups is 2. The number of aliphatic hydroxyl groups excluding tert-OH is 1. The van der Waals surface area contributed by atoms with Gasteiger partial charge in [-0.1, -0.05) is 36.4 Å². The molecular formula is C35H38N2O7. The molecule has 0 saturated carbocycles. The van der Waals surface area contributed by atoms with Crippen molar-refractivity contribution in [2.45, 2.75) is 39.0 Å². The Bertz CT molecular complexity index is 1550. The van der Waals surface area contributed by atoms with E-state index in [0.29, 0.717) is 68.6 Å². The third kappa shape index (κ3) is 6.16. The number of ether oxygens (including phenoxy) is 4. The van der Waals surface area contributed by atoms with Gasteiger partial charge in [-0.15, -0.1) is 0 Å². The van der Waals surface area contributed by atoms with Gasteiger partial charge in [0.1, 0.15) is 24.2 Å². The molecule has 3 aliphatic rings. The zero-order chi connectivity index (χ0) is 30.6. The van der Waals surface area contributed by atoms with E-state index in [1.165, 1.54) is 0 Å². The van der Waals surface area contributed by atoms with Gasteiger partial charge in [0.2, 0.25) is 0 Å². The van der Waals surface area contributed by atoms with Crippen molar-refractivity contribution in [2.24, 2.45) is 0 Å². The number of Topliss-reactive ketones (excluding diaryl/α,β-unsaturated/α-hetero) is 1. The lowest BCUT2D eigenvalue weighted by Crippen LogP contribution is -2.42. The van der Waals surface area contributed by atoms with Crippen LogP contribution in [-0.2, 0) is 27.4 Å². The molecule has 44 heavy (non-hydrogen) atoms. The molecule has 3 heterocycles. The summed E-state index contributed by atoms with van der Waals surface area (Å²) in [6, 6.07) is 19.9. The molecule has 2 saturated heterocycles. The van der Waals surface area contributed by atoms with Crippen molar-refractivity contribution < 1.29 is 33.6 Å². The van der Waals surface area contributed by atoms with E-state index >= 15 is 0 Å². The van der Waals surface area contributed by atoms with E-state index in [-0.39, 0.29) is 17.4 Å². The third-order valence-electron chi connectivity index (χ3n) is 8.29. The van der Waals surface area contributed by atoms with E-state index in [0.717, 1.165) is 30.0 Å². The molecule has 3 aromatic carbocycles. The van der Waals surface area contributed by atoms with Gasteiger partial charge in [0.15, 0.2) is 11.5 Å². The van der Waals surface area contributed by atoms with Gasteiger partial charge in [0, 0.05) is 38.2 Å². The van der Waals surface area contributed by atoms with Gasteiger partial charge in [-0.05, 0) is 60.9 Å². The van der Waals surface area contributed by atoms with Gasteiger partial charge in [-0.2, -0.15) is 0 Å². The molecule has 0 radical (unpaired) electrons. The Kier molecular flexibility index (Phi) is 8.86. The minimum atomic E-state index is -0.804. The van der Waals surface area contributed by atoms with Crippen LogP contribution < -0.4 is 14.2 Å². The van der Waals surface area contributed by atoms with E-state index < -0.39 is 17.7 Å². The fourth-order valence-electron chi connectivity index (χ4n) is 6.07. The predicted molar refractivity (Wildman–Crippen MR) is 165 cm³/mol. The van der Waals surface area contributed by atoms with Crippen LogP contribution in [0.15, 0.2) is 72.3 Å². The Morgan fingerprint density at radius 2 is 1.75 bits per heavy atom. The monoisotopic (exact) mass is 598 g/mol. The van der Waals surface area contributed by atoms with Crippen LogP contribution >= 0.6 is 0 Å². The summed E-state index contributed by atoms with van der Waals surface area (Å²) in [6.45, 7) is 8.31. The summed E-state index contributed by atoms with van der Waals surface area (Å²) < 4.78 is 23.4. The predicted octanol–water partition coefficient (Wildman–Crippen LogP) is 4.74. The number of hydrogen-bond donors (Lipinski definition) is 1. The van der Waals surface area contributed by atoms with Gasteiger partial charge in [-0.3, -0.25) is 14.5 Å². The molecule has 1 N–H and O–H groups in total. The molecule has 1 amide bonds. The van der Waals surface area contributed by atoms with E-state index in [1.54, 1.807) is 17.0 Å². The second kappa shape index (κ2) is 13.1. The standard InChI is InChI=1S/C35H38N2O7/c1-3-42-30-21-25(9-12-29(30)43-22-24-7-5-4-6-8-24)32-31(33(38)26-10-11-28-27(20-26)19-23(2)44-28)34(39)35(40)37(32)14-13-36-15-17-41-18-16-36/h4-12,20-21,23,32,38H,3,13-19,22H2,1-2H3/t23-,32-/m0/s1. The molecule has 3 aliphatic heterocycles. The molecule has 2 atom stereocenters. The summed E-state index contributed by atoms with van der Waals surface area (Å²) in [5.74, 6) is 0.282. The number of morpholine rings is 1. The molecule has 0 aromatic heterocycles. The van der Waals surface area contributed by atoms with Crippen molar-refractivity contribution in [2.75, 3.05) is 46.0 Å². The van der Waals surface area contributed by atoms with Gasteiger partial charge in [0.05, 0.1) is 31.4 Å². The van der Waals surface area contributed by atoms with E-state index in [9.17, 15) is 14.7 Å². The molecule has 230 valence electrons. The number of rotatable bonds is 10. The minimum absolute atomic E-state index is 0.0350. The quantitative estimate of drug-likeness (QED) is 0.203. The maximum Gasteiger partial charge on any atom is 0.295 e. The molecule has 6 rings (SSSR count). The van der Waals surface area contributed by atoms with Crippen molar-refractivity contribution in [3.05, 3.63) is 94.6 Å². The lowest BCUT2D eigenvalue weighted by molar-refractivity contribution is -0.140. The summed E-state index contributed by atoms with van der Waals surface area (Å²) in [5, 5.41) is 11.7. The van der Waals surface area contributed by atoms with Gasteiger partial charge in [-0.25, -0.2) is 0 Å². The first-order chi connectivity index (χ1) is 21.4. The van der Waals surface area contributed by atoms with Crippen LogP contribution in [-0.4, -0.2) is 78.7 Å². The first kappa shape index (κ1) is 29.7. The van der Waals surface area contributed by atoms with Gasteiger partial charge < -0.3 is 29.0 Å². The number of amides is 1. The van der Waals surface area contributed by atoms with Crippen LogP contribution in [0.25, 0.3) is 5.76 Å². The molecule has 0 bridgehead atoms. The maximum atomic E-state index is 13.7. The second-order valence-electron chi connectivity index (χ2n) is 11.3. The molecule has 0 aliphatic carbocycles. The zero-order valence-electron chi connectivity index (χ0n) is 25.2. The number of nitrogens with zero attached hydrogens (tertiary/aromatic N) is 2. The van der Waals surface area contributed by atoms with Crippen LogP contribution in [0.3, 0.4) is 0 Å². The smallest absolute Gasteiger partial charge is 0.295 e. The molecule has 9 nitrogen and oxygen atoms in total. The van der Waals surface area contributed by atoms with Crippen molar-refractivity contribution in [3.8, 4) is 17.2 Å². The SMILES string of the molecule is CCOc1cc([C@H]2C(=C(O)c3ccc4c(c3)C[C@H](C)O4)C(=O)C(=O)N2CCN2CCOCC2)ccc1OCc1ccccc1. The highest BCUT2D eigenvalue weighted by molar-refractivity contribution is 6.46. The highest BCUT2D eigenvalue weighted by Gasteiger charge is 2.46. The normalized spacial score (nSPS) is 21.3. The van der Waals surface area contributed by atoms with Crippen LogP contribution in [0.2, 0.25) is 0 Å². The van der Waals surface area contributed by atoms with E-state index in [1.807, 2.05) is 68.4 Å². The number of carbonyl (C=O) groups excluding carboxylic acids is 2. The maximum absolute atomic E-state index is 13.7. The highest BCUT2D eigenvalue weighted by atomic mass is 16.5. The highest BCUT2D eigenvalue weighted by Crippen LogP contribution is 2.43. The Hall–Kier alpha value is -4.34. The van der Waals surface area contributed by atoms with Crippen molar-refractivity contribution in [1.29, 1.82) is 0 Å². The average Bonchev–Trinajstić information content (AvgIpc) is 3.54. The fraction of sp³-hybridized carbons (Fsp3) is 0.371. The summed E-state index contributed by atoms with van der Waals surface area (Å²) in [7, 11) is 0. The molecule has 0 unspecified atom stereocenters. The van der Waals surface area contributed by atoms with Crippen molar-refractivity contribution in [1.82, 2.24) is 9.80 Å². The van der Waals surface area contributed by atoms with Gasteiger partial charge in [0.25, 0.3) is 11.7 Å². The Morgan fingerprint density at radius 1 is 0.955 bits per heavy atom. The van der Waals surface area contributed by atoms with E-state index in [2.05, 4.69) is 4.90 Å². The van der Waals surface area contributed by atoms with Crippen LogP contribution in [0.1, 0.15) is 42.1 Å². The summed E-state index contributed by atoms with van der Waals surface area (Å²) in [5.41, 5.74) is 3.17. The molecule has 0 spiro atoms. The summed E-state index contributed by atoms with van der Waals surface area (Å²) >= 11 is 0. The number of aliphatic hydroxyl groups is 1. The largest absolute Gasteiger partial charge is 0.507 e. The fourth-order valence-corrected chi connectivity index (χ4v) is 6.07. The Labute approximate surface area is 257 Å². The first-order valence-corrected chi connectivity index (χ1v) is 15.2. The molecule has 9 heteroatoms. The summed E-state index contributed by atoms with van der Waals surface area (Å²) in [4.78, 5) is 31.0.